The van der Waals surface area contributed by atoms with Crippen molar-refractivity contribution in [2.45, 2.75) is 52.4 Å². The molecule has 36 heavy (non-hydrogen) atoms. The number of likely N-dealkylation sites (tertiary alicyclic amines) is 1. The summed E-state index contributed by atoms with van der Waals surface area (Å²) in [5, 5.41) is 25.4. The first-order chi connectivity index (χ1) is 17.4. The van der Waals surface area contributed by atoms with Crippen LogP contribution < -0.4 is 5.32 Å². The fourth-order valence-electron chi connectivity index (χ4n) is 4.53. The third kappa shape index (κ3) is 4.85. The number of amides is 2. The molecule has 0 aliphatic carbocycles. The van der Waals surface area contributed by atoms with Crippen LogP contribution >= 0.6 is 11.3 Å². The molecule has 0 bridgehead atoms. The lowest BCUT2D eigenvalue weighted by atomic mass is 9.97. The molecule has 12 heteroatoms. The molecule has 11 nitrogen and oxygen atoms in total. The van der Waals surface area contributed by atoms with Crippen molar-refractivity contribution in [2.24, 2.45) is 0 Å². The minimum absolute atomic E-state index is 0.127. The molecule has 188 valence electrons. The lowest BCUT2D eigenvalue weighted by Crippen LogP contribution is -2.39. The molecule has 1 aliphatic rings. The normalized spacial score (nSPS) is 14.5. The summed E-state index contributed by atoms with van der Waals surface area (Å²) in [6, 6.07) is 1.84. The van der Waals surface area contributed by atoms with Gasteiger partial charge in [-0.2, -0.15) is 10.2 Å². The molecule has 5 rings (SSSR count). The van der Waals surface area contributed by atoms with Gasteiger partial charge >= 0.3 is 0 Å². The van der Waals surface area contributed by atoms with Gasteiger partial charge in [0.25, 0.3) is 11.8 Å². The zero-order valence-electron chi connectivity index (χ0n) is 20.6. The minimum Gasteiger partial charge on any atom is -0.351 e. The fraction of sp³-hybridized carbons (Fsp3) is 0.458. The van der Waals surface area contributed by atoms with E-state index in [1.54, 1.807) is 4.52 Å². The maximum atomic E-state index is 13.1. The van der Waals surface area contributed by atoms with E-state index in [9.17, 15) is 9.59 Å². The van der Waals surface area contributed by atoms with Crippen molar-refractivity contribution in [3.8, 4) is 0 Å². The molecular formula is C24H29N9O2S. The number of nitrogens with one attached hydrogen (secondary N) is 2. The topological polar surface area (TPSA) is 134 Å². The number of aromatic amines is 1. The highest BCUT2D eigenvalue weighted by Gasteiger charge is 2.29. The Morgan fingerprint density at radius 3 is 2.75 bits per heavy atom. The van der Waals surface area contributed by atoms with E-state index in [1.165, 1.54) is 16.9 Å². The largest absolute Gasteiger partial charge is 0.351 e. The second-order valence-electron chi connectivity index (χ2n) is 9.21. The van der Waals surface area contributed by atoms with Gasteiger partial charge in [-0.15, -0.1) is 21.5 Å². The van der Waals surface area contributed by atoms with Crippen LogP contribution in [0.3, 0.4) is 0 Å². The Balaban J connectivity index is 1.13. The maximum Gasteiger partial charge on any atom is 0.276 e. The van der Waals surface area contributed by atoms with Crippen molar-refractivity contribution in [3.63, 3.8) is 0 Å². The Hall–Kier alpha value is -3.67. The molecule has 0 aromatic carbocycles. The van der Waals surface area contributed by atoms with Crippen LogP contribution in [0.4, 0.5) is 0 Å². The SMILES string of the molecule is Cc1cc2nnc(C(=O)N3CCC(c4nc(C(=O)NCCCc5cn[nH]c5C)cs4)CC3)c(C)n2n1. The standard InChI is InChI=1S/C24H29N9O2S/c1-14-11-20-29-30-21(16(3)33(20)31-14)24(35)32-9-6-17(7-10-32)23-27-19(13-36-23)22(34)25-8-4-5-18-12-26-28-15(18)2/h11-13,17H,4-10H2,1-3H3,(H,25,34)(H,26,28). The monoisotopic (exact) mass is 507 g/mol. The van der Waals surface area contributed by atoms with E-state index >= 15 is 0 Å². The predicted octanol–water partition coefficient (Wildman–Crippen LogP) is 2.61. The summed E-state index contributed by atoms with van der Waals surface area (Å²) in [5.41, 5.74) is 5.19. The maximum absolute atomic E-state index is 13.1. The molecule has 0 unspecified atom stereocenters. The third-order valence-corrected chi connectivity index (χ3v) is 7.66. The number of aryl methyl sites for hydroxylation is 4. The van der Waals surface area contributed by atoms with Gasteiger partial charge in [0.05, 0.1) is 22.6 Å². The van der Waals surface area contributed by atoms with Crippen molar-refractivity contribution in [3.05, 3.63) is 56.7 Å². The molecule has 1 aliphatic heterocycles. The Kier molecular flexibility index (Phi) is 6.77. The number of H-pyrrole nitrogens is 1. The molecule has 4 aromatic rings. The van der Waals surface area contributed by atoms with Crippen LogP contribution in [0.15, 0.2) is 17.6 Å². The van der Waals surface area contributed by atoms with E-state index in [4.69, 9.17) is 0 Å². The predicted molar refractivity (Wildman–Crippen MR) is 134 cm³/mol. The van der Waals surface area contributed by atoms with E-state index in [0.717, 1.165) is 42.1 Å². The summed E-state index contributed by atoms with van der Waals surface area (Å²) in [4.78, 5) is 32.1. The van der Waals surface area contributed by atoms with Crippen molar-refractivity contribution < 1.29 is 9.59 Å². The van der Waals surface area contributed by atoms with Crippen LogP contribution in [-0.2, 0) is 6.42 Å². The summed E-state index contributed by atoms with van der Waals surface area (Å²) in [6.45, 7) is 7.52. The Morgan fingerprint density at radius 2 is 2.00 bits per heavy atom. The number of carbonyl (C=O) groups is 2. The van der Waals surface area contributed by atoms with Crippen molar-refractivity contribution >= 4 is 28.8 Å². The van der Waals surface area contributed by atoms with Gasteiger partial charge in [0.15, 0.2) is 11.3 Å². The number of hydrogen-bond donors (Lipinski definition) is 2. The van der Waals surface area contributed by atoms with E-state index in [1.807, 2.05) is 43.3 Å². The van der Waals surface area contributed by atoms with E-state index in [2.05, 4.69) is 35.8 Å². The van der Waals surface area contributed by atoms with Crippen LogP contribution in [0.25, 0.3) is 5.65 Å². The summed E-state index contributed by atoms with van der Waals surface area (Å²) in [7, 11) is 0. The van der Waals surface area contributed by atoms with Gasteiger partial charge in [-0.25, -0.2) is 9.50 Å². The molecule has 0 atom stereocenters. The quantitative estimate of drug-likeness (QED) is 0.367. The van der Waals surface area contributed by atoms with Crippen LogP contribution in [0.2, 0.25) is 0 Å². The number of hydrogen-bond acceptors (Lipinski definition) is 8. The van der Waals surface area contributed by atoms with Gasteiger partial charge in [0.2, 0.25) is 0 Å². The number of rotatable bonds is 7. The summed E-state index contributed by atoms with van der Waals surface area (Å²) < 4.78 is 1.67. The third-order valence-electron chi connectivity index (χ3n) is 6.66. The van der Waals surface area contributed by atoms with E-state index in [0.29, 0.717) is 42.4 Å². The number of aromatic nitrogens is 7. The van der Waals surface area contributed by atoms with Crippen molar-refractivity contribution in [1.82, 2.24) is 45.2 Å². The molecule has 0 saturated carbocycles. The zero-order chi connectivity index (χ0) is 25.2. The van der Waals surface area contributed by atoms with Crippen LogP contribution in [0, 0.1) is 20.8 Å². The van der Waals surface area contributed by atoms with Gasteiger partial charge in [0.1, 0.15) is 5.69 Å². The van der Waals surface area contributed by atoms with Gasteiger partial charge < -0.3 is 10.2 Å². The second-order valence-corrected chi connectivity index (χ2v) is 10.1. The first-order valence-electron chi connectivity index (χ1n) is 12.1. The highest BCUT2D eigenvalue weighted by atomic mass is 32.1. The number of carbonyl (C=O) groups excluding carboxylic acids is 2. The molecule has 4 aromatic heterocycles. The first kappa shape index (κ1) is 24.0. The number of thiazole rings is 1. The smallest absolute Gasteiger partial charge is 0.276 e. The lowest BCUT2D eigenvalue weighted by Gasteiger charge is -2.31. The second kappa shape index (κ2) is 10.1. The minimum atomic E-state index is -0.146. The van der Waals surface area contributed by atoms with Crippen LogP contribution in [0.1, 0.15) is 73.8 Å². The average Bonchev–Trinajstić information content (AvgIpc) is 3.62. The molecule has 2 N–H and O–H groups in total. The molecule has 1 fully saturated rings. The Morgan fingerprint density at radius 1 is 1.19 bits per heavy atom. The summed E-state index contributed by atoms with van der Waals surface area (Å²) in [6.07, 6.45) is 5.12. The van der Waals surface area contributed by atoms with E-state index in [-0.39, 0.29) is 17.7 Å². The van der Waals surface area contributed by atoms with E-state index < -0.39 is 0 Å². The zero-order valence-corrected chi connectivity index (χ0v) is 21.4. The first-order valence-corrected chi connectivity index (χ1v) is 13.0. The molecule has 2 amide bonds. The number of fused-ring (bicyclic) bond motifs is 1. The molecule has 0 radical (unpaired) electrons. The van der Waals surface area contributed by atoms with Crippen LogP contribution in [-0.4, -0.2) is 71.3 Å². The molecule has 1 saturated heterocycles. The Bertz CT molecular complexity index is 1400. The van der Waals surface area contributed by atoms with Crippen molar-refractivity contribution in [1.29, 1.82) is 0 Å². The number of nitrogens with zero attached hydrogens (tertiary/aromatic N) is 7. The van der Waals surface area contributed by atoms with Gasteiger partial charge in [-0.3, -0.25) is 14.7 Å². The number of piperidine rings is 1. The van der Waals surface area contributed by atoms with Gasteiger partial charge in [0, 0.05) is 42.7 Å². The summed E-state index contributed by atoms with van der Waals surface area (Å²) >= 11 is 1.51. The van der Waals surface area contributed by atoms with Gasteiger partial charge in [-0.1, -0.05) is 0 Å². The average molecular weight is 508 g/mol. The Labute approximate surface area is 212 Å². The highest BCUT2D eigenvalue weighted by molar-refractivity contribution is 7.09. The molecule has 0 spiro atoms. The molecular weight excluding hydrogens is 478 g/mol. The summed E-state index contributed by atoms with van der Waals surface area (Å²) in [5.74, 6) is -0.0428. The fourth-order valence-corrected chi connectivity index (χ4v) is 5.50. The van der Waals surface area contributed by atoms with Gasteiger partial charge in [-0.05, 0) is 52.0 Å². The highest BCUT2D eigenvalue weighted by Crippen LogP contribution is 2.31. The van der Waals surface area contributed by atoms with Crippen LogP contribution in [0.5, 0.6) is 0 Å². The molecule has 5 heterocycles. The van der Waals surface area contributed by atoms with Crippen molar-refractivity contribution in [2.75, 3.05) is 19.6 Å². The lowest BCUT2D eigenvalue weighted by molar-refractivity contribution is 0.0704.